The molecule has 1 aliphatic rings. The highest BCUT2D eigenvalue weighted by atomic mass is 19.4. The molecule has 1 fully saturated rings. The molecular formula is C10H13F3N4. The molecule has 1 saturated carbocycles. The topological polar surface area (TPSA) is 78.6 Å². The van der Waals surface area contributed by atoms with Crippen molar-refractivity contribution in [2.24, 2.45) is 5.73 Å². The van der Waals surface area contributed by atoms with Gasteiger partial charge in [0.1, 0.15) is 0 Å². The van der Waals surface area contributed by atoms with E-state index in [1.54, 1.807) is 0 Å². The summed E-state index contributed by atoms with van der Waals surface area (Å²) in [7, 11) is 0. The van der Waals surface area contributed by atoms with E-state index in [-0.39, 0.29) is 30.2 Å². The molecule has 4 nitrogen and oxygen atoms in total. The molecule has 0 bridgehead atoms. The van der Waals surface area contributed by atoms with Gasteiger partial charge in [-0.1, -0.05) is 0 Å². The van der Waals surface area contributed by atoms with Gasteiger partial charge in [0.15, 0.2) is 5.69 Å². The van der Waals surface area contributed by atoms with Gasteiger partial charge in [0.2, 0.25) is 0 Å². The second-order valence-electron chi connectivity index (χ2n) is 4.26. The van der Waals surface area contributed by atoms with Crippen molar-refractivity contribution in [3.63, 3.8) is 0 Å². The smallest absolute Gasteiger partial charge is 0.388 e. The lowest BCUT2D eigenvalue weighted by atomic mass is 10.0. The Labute approximate surface area is 95.9 Å². The second-order valence-corrected chi connectivity index (χ2v) is 4.26. The fourth-order valence-electron chi connectivity index (χ4n) is 1.84. The van der Waals surface area contributed by atoms with E-state index < -0.39 is 11.9 Å². The van der Waals surface area contributed by atoms with Gasteiger partial charge < -0.3 is 5.73 Å². The molecule has 1 aromatic rings. The van der Waals surface area contributed by atoms with E-state index in [1.165, 1.54) is 0 Å². The minimum absolute atomic E-state index is 0.110. The third-order valence-corrected chi connectivity index (χ3v) is 2.80. The van der Waals surface area contributed by atoms with Crippen LogP contribution in [0.15, 0.2) is 0 Å². The van der Waals surface area contributed by atoms with E-state index in [0.29, 0.717) is 5.69 Å². The summed E-state index contributed by atoms with van der Waals surface area (Å²) in [5.41, 5.74) is 5.07. The zero-order chi connectivity index (χ0) is 12.6. The summed E-state index contributed by atoms with van der Waals surface area (Å²) in [4.78, 5) is 0. The molecule has 0 spiro atoms. The standard InChI is InChI=1S/C10H13F3N4/c11-10(12,13)9-6(3-4-7(14)15)8(16-17-9)5-1-2-5/h5H,1-4H2,(H3,14,15)(H,16,17). The molecule has 1 aromatic heterocycles. The average molecular weight is 246 g/mol. The van der Waals surface area contributed by atoms with Crippen molar-refractivity contribution in [3.8, 4) is 0 Å². The molecule has 2 rings (SSSR count). The van der Waals surface area contributed by atoms with Gasteiger partial charge >= 0.3 is 6.18 Å². The van der Waals surface area contributed by atoms with Crippen LogP contribution < -0.4 is 5.73 Å². The molecule has 0 amide bonds. The van der Waals surface area contributed by atoms with Crippen molar-refractivity contribution in [1.29, 1.82) is 5.41 Å². The minimum Gasteiger partial charge on any atom is -0.388 e. The molecule has 7 heteroatoms. The third kappa shape index (κ3) is 2.59. The molecule has 1 heterocycles. The maximum atomic E-state index is 12.7. The van der Waals surface area contributed by atoms with E-state index in [9.17, 15) is 13.2 Å². The van der Waals surface area contributed by atoms with Crippen molar-refractivity contribution in [1.82, 2.24) is 10.2 Å². The number of nitrogens with zero attached hydrogens (tertiary/aromatic N) is 1. The molecule has 0 atom stereocenters. The van der Waals surface area contributed by atoms with Crippen LogP contribution in [0.1, 0.15) is 42.1 Å². The fraction of sp³-hybridized carbons (Fsp3) is 0.600. The lowest BCUT2D eigenvalue weighted by Crippen LogP contribution is -2.14. The lowest BCUT2D eigenvalue weighted by Gasteiger charge is -2.07. The Balaban J connectivity index is 2.29. The number of aromatic amines is 1. The Morgan fingerprint density at radius 1 is 1.47 bits per heavy atom. The van der Waals surface area contributed by atoms with E-state index in [0.717, 1.165) is 12.8 Å². The number of nitrogens with one attached hydrogen (secondary N) is 2. The number of amidine groups is 1. The number of aromatic nitrogens is 2. The molecule has 0 radical (unpaired) electrons. The number of H-pyrrole nitrogens is 1. The summed E-state index contributed by atoms with van der Waals surface area (Å²) >= 11 is 0. The Morgan fingerprint density at radius 3 is 2.59 bits per heavy atom. The Hall–Kier alpha value is -1.53. The first-order valence-electron chi connectivity index (χ1n) is 5.37. The lowest BCUT2D eigenvalue weighted by molar-refractivity contribution is -0.141. The Bertz CT molecular complexity index is 431. The summed E-state index contributed by atoms with van der Waals surface area (Å²) < 4.78 is 38.1. The number of halogens is 3. The summed E-state index contributed by atoms with van der Waals surface area (Å²) in [6.45, 7) is 0. The molecule has 0 aromatic carbocycles. The van der Waals surface area contributed by atoms with Gasteiger partial charge in [-0.25, -0.2) is 0 Å². The van der Waals surface area contributed by atoms with Gasteiger partial charge in [0.05, 0.1) is 5.84 Å². The number of hydrogen-bond donors (Lipinski definition) is 3. The van der Waals surface area contributed by atoms with Gasteiger partial charge in [0.25, 0.3) is 0 Å². The van der Waals surface area contributed by atoms with E-state index in [2.05, 4.69) is 10.2 Å². The van der Waals surface area contributed by atoms with Crippen LogP contribution in [-0.2, 0) is 12.6 Å². The van der Waals surface area contributed by atoms with Crippen molar-refractivity contribution in [2.75, 3.05) is 0 Å². The number of hydrogen-bond acceptors (Lipinski definition) is 2. The maximum Gasteiger partial charge on any atom is 0.435 e. The number of alkyl halides is 3. The zero-order valence-electron chi connectivity index (χ0n) is 9.06. The van der Waals surface area contributed by atoms with Crippen LogP contribution in [0.2, 0.25) is 0 Å². The van der Waals surface area contributed by atoms with Crippen molar-refractivity contribution >= 4 is 5.84 Å². The van der Waals surface area contributed by atoms with Gasteiger partial charge in [0, 0.05) is 23.6 Å². The first kappa shape index (κ1) is 11.9. The van der Waals surface area contributed by atoms with Crippen LogP contribution in [0.4, 0.5) is 13.2 Å². The normalized spacial score (nSPS) is 16.2. The summed E-state index contributed by atoms with van der Waals surface area (Å²) in [6, 6.07) is 0. The third-order valence-electron chi connectivity index (χ3n) is 2.80. The fourth-order valence-corrected chi connectivity index (χ4v) is 1.84. The first-order valence-corrected chi connectivity index (χ1v) is 5.37. The zero-order valence-corrected chi connectivity index (χ0v) is 9.06. The number of nitrogens with two attached hydrogens (primary N) is 1. The molecule has 17 heavy (non-hydrogen) atoms. The largest absolute Gasteiger partial charge is 0.435 e. The molecular weight excluding hydrogens is 233 g/mol. The van der Waals surface area contributed by atoms with Crippen LogP contribution in [-0.4, -0.2) is 16.0 Å². The monoisotopic (exact) mass is 246 g/mol. The summed E-state index contributed by atoms with van der Waals surface area (Å²) in [5, 5.41) is 12.9. The molecule has 0 unspecified atom stereocenters. The molecule has 94 valence electrons. The summed E-state index contributed by atoms with van der Waals surface area (Å²) in [5.74, 6) is 0.0571. The number of rotatable bonds is 4. The Morgan fingerprint density at radius 2 is 2.12 bits per heavy atom. The Kier molecular flexibility index (Phi) is 2.84. The van der Waals surface area contributed by atoms with Gasteiger partial charge in [-0.3, -0.25) is 10.5 Å². The SMILES string of the molecule is N=C(N)CCc1c(C(F)(F)F)n[nH]c1C1CC1. The van der Waals surface area contributed by atoms with Crippen molar-refractivity contribution in [3.05, 3.63) is 17.0 Å². The molecule has 0 saturated heterocycles. The molecule has 4 N–H and O–H groups in total. The van der Waals surface area contributed by atoms with Crippen LogP contribution in [0.25, 0.3) is 0 Å². The van der Waals surface area contributed by atoms with E-state index >= 15 is 0 Å². The highest BCUT2D eigenvalue weighted by molar-refractivity contribution is 5.77. The maximum absolute atomic E-state index is 12.7. The first-order chi connectivity index (χ1) is 7.89. The molecule has 1 aliphatic carbocycles. The predicted molar refractivity (Wildman–Crippen MR) is 55.8 cm³/mol. The van der Waals surface area contributed by atoms with Gasteiger partial charge in [-0.2, -0.15) is 18.3 Å². The van der Waals surface area contributed by atoms with E-state index in [4.69, 9.17) is 11.1 Å². The van der Waals surface area contributed by atoms with E-state index in [1.807, 2.05) is 0 Å². The molecule has 0 aliphatic heterocycles. The van der Waals surface area contributed by atoms with Gasteiger partial charge in [-0.15, -0.1) is 0 Å². The quantitative estimate of drug-likeness (QED) is 0.562. The second kappa shape index (κ2) is 4.05. The van der Waals surface area contributed by atoms with Crippen molar-refractivity contribution < 1.29 is 13.2 Å². The van der Waals surface area contributed by atoms with Crippen LogP contribution in [0.3, 0.4) is 0 Å². The van der Waals surface area contributed by atoms with Gasteiger partial charge in [-0.05, 0) is 19.3 Å². The summed E-state index contributed by atoms with van der Waals surface area (Å²) in [6.07, 6.45) is -2.41. The minimum atomic E-state index is -4.45. The van der Waals surface area contributed by atoms with Crippen molar-refractivity contribution in [2.45, 2.75) is 37.8 Å². The predicted octanol–water partition coefficient (Wildman–Crippen LogP) is 2.17. The highest BCUT2D eigenvalue weighted by Gasteiger charge is 2.40. The highest BCUT2D eigenvalue weighted by Crippen LogP contribution is 2.43. The average Bonchev–Trinajstić information content (AvgIpc) is 2.93. The van der Waals surface area contributed by atoms with Crippen LogP contribution in [0.5, 0.6) is 0 Å². The van der Waals surface area contributed by atoms with Crippen LogP contribution in [0, 0.1) is 5.41 Å². The van der Waals surface area contributed by atoms with Crippen LogP contribution >= 0.6 is 0 Å².